The number of carboxylic acids is 1. The van der Waals surface area contributed by atoms with Crippen LogP contribution in [0.4, 0.5) is 4.39 Å². The van der Waals surface area contributed by atoms with Crippen molar-refractivity contribution in [1.29, 1.82) is 0 Å². The summed E-state index contributed by atoms with van der Waals surface area (Å²) in [4.78, 5) is 11.5. The molecule has 1 aliphatic rings. The first-order valence-corrected chi connectivity index (χ1v) is 9.77. The normalized spacial score (nSPS) is 18.8. The zero-order chi connectivity index (χ0) is 18.9. The number of rotatable bonds is 5. The molecule has 0 bridgehead atoms. The molecule has 3 rings (SSSR count). The second-order valence-corrected chi connectivity index (χ2v) is 8.41. The number of hydrogen-bond acceptors (Lipinski definition) is 4. The molecule has 0 aliphatic carbocycles. The molecular formula is C17H20FN3O4S. The minimum absolute atomic E-state index is 0.0567. The molecule has 1 aliphatic heterocycles. The van der Waals surface area contributed by atoms with E-state index < -0.39 is 32.4 Å². The maximum atomic E-state index is 13.8. The zero-order valence-electron chi connectivity index (χ0n) is 14.3. The molecule has 7 nitrogen and oxygen atoms in total. The van der Waals surface area contributed by atoms with Crippen LogP contribution in [-0.2, 0) is 16.6 Å². The fraction of sp³-hybridized carbons (Fsp3) is 0.412. The van der Waals surface area contributed by atoms with Crippen molar-refractivity contribution in [2.45, 2.75) is 31.3 Å². The SMILES string of the molecule is CC1CCCN(S(=O)(=O)c2nn(Cc3ccccc3F)cc2C(=O)O)C1. The van der Waals surface area contributed by atoms with Crippen molar-refractivity contribution in [2.75, 3.05) is 13.1 Å². The number of benzene rings is 1. The molecule has 140 valence electrons. The number of aromatic nitrogens is 2. The number of carboxylic acid groups (broad SMARTS) is 1. The van der Waals surface area contributed by atoms with E-state index in [0.717, 1.165) is 23.7 Å². The lowest BCUT2D eigenvalue weighted by Crippen LogP contribution is -2.39. The van der Waals surface area contributed by atoms with Crippen LogP contribution in [0.1, 0.15) is 35.7 Å². The van der Waals surface area contributed by atoms with Crippen molar-refractivity contribution in [3.8, 4) is 0 Å². The smallest absolute Gasteiger partial charge is 0.340 e. The van der Waals surface area contributed by atoms with Crippen molar-refractivity contribution in [2.24, 2.45) is 5.92 Å². The molecule has 1 unspecified atom stereocenters. The standard InChI is InChI=1S/C17H20FN3O4S/c1-12-5-4-8-21(9-12)26(24,25)16-14(17(22)23)11-20(19-16)10-13-6-2-3-7-15(13)18/h2-3,6-7,11-12H,4-5,8-10H2,1H3,(H,22,23). The van der Waals surface area contributed by atoms with Gasteiger partial charge in [0.1, 0.15) is 11.4 Å². The van der Waals surface area contributed by atoms with Crippen molar-refractivity contribution in [3.63, 3.8) is 0 Å². The summed E-state index contributed by atoms with van der Waals surface area (Å²) in [7, 11) is -4.03. The summed E-state index contributed by atoms with van der Waals surface area (Å²) >= 11 is 0. The van der Waals surface area contributed by atoms with Gasteiger partial charge in [-0.3, -0.25) is 4.68 Å². The highest BCUT2D eigenvalue weighted by molar-refractivity contribution is 7.89. The van der Waals surface area contributed by atoms with E-state index >= 15 is 0 Å². The van der Waals surface area contributed by atoms with Crippen LogP contribution < -0.4 is 0 Å². The minimum atomic E-state index is -4.03. The van der Waals surface area contributed by atoms with Crippen LogP contribution in [0.15, 0.2) is 35.5 Å². The van der Waals surface area contributed by atoms with E-state index in [1.165, 1.54) is 22.5 Å². The lowest BCUT2D eigenvalue weighted by Gasteiger charge is -2.29. The zero-order valence-corrected chi connectivity index (χ0v) is 15.1. The van der Waals surface area contributed by atoms with Gasteiger partial charge < -0.3 is 5.11 Å². The molecule has 9 heteroatoms. The highest BCUT2D eigenvalue weighted by atomic mass is 32.2. The molecule has 1 atom stereocenters. The summed E-state index contributed by atoms with van der Waals surface area (Å²) in [5, 5.41) is 12.9. The third-order valence-electron chi connectivity index (χ3n) is 4.45. The van der Waals surface area contributed by atoms with E-state index in [0.29, 0.717) is 18.7 Å². The summed E-state index contributed by atoms with van der Waals surface area (Å²) in [6.07, 6.45) is 2.79. The highest BCUT2D eigenvalue weighted by Gasteiger charge is 2.34. The molecule has 0 saturated carbocycles. The van der Waals surface area contributed by atoms with Gasteiger partial charge in [0.2, 0.25) is 5.03 Å². The number of sulfonamides is 1. The number of carbonyl (C=O) groups is 1. The Morgan fingerprint density at radius 2 is 2.12 bits per heavy atom. The van der Waals surface area contributed by atoms with E-state index in [9.17, 15) is 22.7 Å². The van der Waals surface area contributed by atoms with Crippen LogP contribution >= 0.6 is 0 Å². The number of nitrogens with zero attached hydrogens (tertiary/aromatic N) is 3. The van der Waals surface area contributed by atoms with Crippen LogP contribution in [0.2, 0.25) is 0 Å². The molecule has 2 heterocycles. The van der Waals surface area contributed by atoms with Gasteiger partial charge in [-0.2, -0.15) is 9.40 Å². The molecular weight excluding hydrogens is 361 g/mol. The van der Waals surface area contributed by atoms with Crippen molar-refractivity contribution < 1.29 is 22.7 Å². The first-order chi connectivity index (χ1) is 12.3. The second kappa shape index (κ2) is 7.16. The van der Waals surface area contributed by atoms with Gasteiger partial charge in [-0.15, -0.1) is 0 Å². The fourth-order valence-corrected chi connectivity index (χ4v) is 4.80. The van der Waals surface area contributed by atoms with E-state index in [1.807, 2.05) is 6.92 Å². The summed E-state index contributed by atoms with van der Waals surface area (Å²) in [5.74, 6) is -1.64. The summed E-state index contributed by atoms with van der Waals surface area (Å²) in [6.45, 7) is 2.57. The molecule has 1 saturated heterocycles. The average Bonchev–Trinajstić information content (AvgIpc) is 3.02. The maximum Gasteiger partial charge on any atom is 0.340 e. The Labute approximate surface area is 151 Å². The Kier molecular flexibility index (Phi) is 5.10. The largest absolute Gasteiger partial charge is 0.478 e. The highest BCUT2D eigenvalue weighted by Crippen LogP contribution is 2.25. The predicted molar refractivity (Wildman–Crippen MR) is 91.8 cm³/mol. The monoisotopic (exact) mass is 381 g/mol. The van der Waals surface area contributed by atoms with Gasteiger partial charge in [0.25, 0.3) is 10.0 Å². The maximum absolute atomic E-state index is 13.8. The number of halogens is 1. The van der Waals surface area contributed by atoms with Gasteiger partial charge in [-0.25, -0.2) is 17.6 Å². The summed E-state index contributed by atoms with van der Waals surface area (Å²) < 4.78 is 42.1. The Morgan fingerprint density at radius 1 is 1.38 bits per heavy atom. The third-order valence-corrected chi connectivity index (χ3v) is 6.25. The first-order valence-electron chi connectivity index (χ1n) is 8.33. The Bertz CT molecular complexity index is 926. The lowest BCUT2D eigenvalue weighted by atomic mass is 10.0. The lowest BCUT2D eigenvalue weighted by molar-refractivity contribution is 0.0692. The van der Waals surface area contributed by atoms with Gasteiger partial charge in [0.05, 0.1) is 6.54 Å². The molecule has 0 radical (unpaired) electrons. The van der Waals surface area contributed by atoms with Crippen LogP contribution in [0.3, 0.4) is 0 Å². The Balaban J connectivity index is 1.97. The van der Waals surface area contributed by atoms with Crippen LogP contribution in [0, 0.1) is 11.7 Å². The molecule has 0 spiro atoms. The predicted octanol–water partition coefficient (Wildman–Crippen LogP) is 2.19. The summed E-state index contributed by atoms with van der Waals surface area (Å²) in [6, 6.07) is 6.01. The van der Waals surface area contributed by atoms with E-state index in [-0.39, 0.29) is 12.5 Å². The molecule has 1 aromatic carbocycles. The Morgan fingerprint density at radius 3 is 2.77 bits per heavy atom. The fourth-order valence-electron chi connectivity index (χ4n) is 3.11. The quantitative estimate of drug-likeness (QED) is 0.857. The molecule has 1 aromatic heterocycles. The third kappa shape index (κ3) is 3.63. The summed E-state index contributed by atoms with van der Waals surface area (Å²) in [5.41, 5.74) is -0.109. The van der Waals surface area contributed by atoms with Crippen molar-refractivity contribution in [3.05, 3.63) is 47.4 Å². The second-order valence-electron chi connectivity index (χ2n) is 6.55. The number of aromatic carboxylic acids is 1. The van der Waals surface area contributed by atoms with E-state index in [4.69, 9.17) is 0 Å². The number of hydrogen-bond donors (Lipinski definition) is 1. The van der Waals surface area contributed by atoms with Gasteiger partial charge in [-0.05, 0) is 24.8 Å². The van der Waals surface area contributed by atoms with Crippen LogP contribution in [0.25, 0.3) is 0 Å². The Hall–Kier alpha value is -2.26. The van der Waals surface area contributed by atoms with Gasteiger partial charge >= 0.3 is 5.97 Å². The first kappa shape index (κ1) is 18.5. The molecule has 26 heavy (non-hydrogen) atoms. The molecule has 2 aromatic rings. The average molecular weight is 381 g/mol. The van der Waals surface area contributed by atoms with E-state index in [2.05, 4.69) is 5.10 Å². The van der Waals surface area contributed by atoms with Crippen molar-refractivity contribution in [1.82, 2.24) is 14.1 Å². The molecule has 0 amide bonds. The van der Waals surface area contributed by atoms with Crippen molar-refractivity contribution >= 4 is 16.0 Å². The van der Waals surface area contributed by atoms with Gasteiger partial charge in [-0.1, -0.05) is 25.1 Å². The van der Waals surface area contributed by atoms with Gasteiger partial charge in [0.15, 0.2) is 0 Å². The number of piperidine rings is 1. The molecule has 1 N–H and O–H groups in total. The molecule has 1 fully saturated rings. The van der Waals surface area contributed by atoms with Gasteiger partial charge in [0, 0.05) is 24.8 Å². The van der Waals surface area contributed by atoms with E-state index in [1.54, 1.807) is 6.07 Å². The minimum Gasteiger partial charge on any atom is -0.478 e. The van der Waals surface area contributed by atoms with Crippen LogP contribution in [-0.4, -0.2) is 46.7 Å². The van der Waals surface area contributed by atoms with Crippen LogP contribution in [0.5, 0.6) is 0 Å². The topological polar surface area (TPSA) is 92.5 Å².